The third-order valence-electron chi connectivity index (χ3n) is 4.47. The first-order valence-electron chi connectivity index (χ1n) is 8.14. The SMILES string of the molecule is Cc1cc(C(=O)NC[C@H]2CN(C3CC3)CCO2)c(N)c([N+](=O)[O-])c1. The summed E-state index contributed by atoms with van der Waals surface area (Å²) >= 11 is 0. The van der Waals surface area contributed by atoms with Crippen LogP contribution in [0.1, 0.15) is 28.8 Å². The van der Waals surface area contributed by atoms with Gasteiger partial charge in [0.25, 0.3) is 11.6 Å². The number of ether oxygens (including phenoxy) is 1. The summed E-state index contributed by atoms with van der Waals surface area (Å²) in [5, 5.41) is 13.8. The molecule has 0 spiro atoms. The first kappa shape index (κ1) is 16.7. The molecule has 1 aromatic rings. The van der Waals surface area contributed by atoms with Crippen molar-refractivity contribution < 1.29 is 14.5 Å². The molecule has 1 amide bonds. The highest BCUT2D eigenvalue weighted by atomic mass is 16.6. The van der Waals surface area contributed by atoms with Crippen LogP contribution in [0.25, 0.3) is 0 Å². The van der Waals surface area contributed by atoms with Crippen LogP contribution in [0, 0.1) is 17.0 Å². The van der Waals surface area contributed by atoms with Crippen LogP contribution < -0.4 is 11.1 Å². The summed E-state index contributed by atoms with van der Waals surface area (Å²) in [4.78, 5) is 25.2. The summed E-state index contributed by atoms with van der Waals surface area (Å²) in [6.45, 7) is 4.46. The van der Waals surface area contributed by atoms with Gasteiger partial charge in [-0.2, -0.15) is 0 Å². The molecule has 0 bridgehead atoms. The van der Waals surface area contributed by atoms with Gasteiger partial charge >= 0.3 is 0 Å². The highest BCUT2D eigenvalue weighted by Crippen LogP contribution is 2.28. The maximum Gasteiger partial charge on any atom is 0.293 e. The van der Waals surface area contributed by atoms with Gasteiger partial charge in [-0.05, 0) is 31.4 Å². The Morgan fingerprint density at radius 3 is 2.92 bits per heavy atom. The molecule has 8 nitrogen and oxygen atoms in total. The largest absolute Gasteiger partial charge is 0.393 e. The summed E-state index contributed by atoms with van der Waals surface area (Å²) in [5.74, 6) is -0.411. The second-order valence-electron chi connectivity index (χ2n) is 6.43. The summed E-state index contributed by atoms with van der Waals surface area (Å²) in [5.41, 5.74) is 6.20. The van der Waals surface area contributed by atoms with Gasteiger partial charge in [0.1, 0.15) is 5.69 Å². The molecule has 0 unspecified atom stereocenters. The van der Waals surface area contributed by atoms with Gasteiger partial charge in [-0.25, -0.2) is 0 Å². The minimum absolute atomic E-state index is 0.0654. The molecule has 1 heterocycles. The van der Waals surface area contributed by atoms with Gasteiger partial charge in [-0.3, -0.25) is 19.8 Å². The molecule has 130 valence electrons. The zero-order valence-electron chi connectivity index (χ0n) is 13.7. The fourth-order valence-corrected chi connectivity index (χ4v) is 3.06. The normalized spacial score (nSPS) is 21.5. The minimum Gasteiger partial charge on any atom is -0.393 e. The lowest BCUT2D eigenvalue weighted by Crippen LogP contribution is -2.48. The molecule has 1 atom stereocenters. The molecule has 2 fully saturated rings. The van der Waals surface area contributed by atoms with Gasteiger partial charge in [0, 0.05) is 31.7 Å². The number of hydrogen-bond acceptors (Lipinski definition) is 6. The standard InChI is InChI=1S/C16H22N4O4/c1-10-6-13(15(17)14(7-10)20(22)23)16(21)18-8-12-9-19(4-5-24-12)11-2-3-11/h6-7,11-12H,2-5,8-9,17H2,1H3,(H,18,21)/t12-/m0/s1. The van der Waals surface area contributed by atoms with E-state index >= 15 is 0 Å². The van der Waals surface area contributed by atoms with E-state index in [1.54, 1.807) is 13.0 Å². The second kappa shape index (κ2) is 6.74. The van der Waals surface area contributed by atoms with Crippen LogP contribution in [0.15, 0.2) is 12.1 Å². The minimum atomic E-state index is -0.573. The molecule has 0 aromatic heterocycles. The molecular weight excluding hydrogens is 312 g/mol. The summed E-state index contributed by atoms with van der Waals surface area (Å²) in [6, 6.07) is 3.60. The second-order valence-corrected chi connectivity index (χ2v) is 6.43. The molecule has 1 aliphatic carbocycles. The van der Waals surface area contributed by atoms with Crippen molar-refractivity contribution in [3.05, 3.63) is 33.4 Å². The van der Waals surface area contributed by atoms with E-state index in [0.717, 1.165) is 13.1 Å². The fraction of sp³-hybridized carbons (Fsp3) is 0.562. The van der Waals surface area contributed by atoms with Crippen LogP contribution >= 0.6 is 0 Å². The van der Waals surface area contributed by atoms with E-state index in [4.69, 9.17) is 10.5 Å². The average molecular weight is 334 g/mol. The number of nitrogens with one attached hydrogen (secondary N) is 1. The van der Waals surface area contributed by atoms with Crippen LogP contribution in [0.3, 0.4) is 0 Å². The number of nitro groups is 1. The van der Waals surface area contributed by atoms with Gasteiger partial charge in [0.2, 0.25) is 0 Å². The summed E-state index contributed by atoms with van der Waals surface area (Å²) in [6.07, 6.45) is 2.41. The molecule has 2 aliphatic rings. The Labute approximate surface area is 140 Å². The zero-order chi connectivity index (χ0) is 17.3. The predicted molar refractivity (Wildman–Crippen MR) is 88.9 cm³/mol. The number of anilines is 1. The molecule has 24 heavy (non-hydrogen) atoms. The molecular formula is C16H22N4O4. The smallest absolute Gasteiger partial charge is 0.293 e. The van der Waals surface area contributed by atoms with E-state index in [9.17, 15) is 14.9 Å². The third-order valence-corrected chi connectivity index (χ3v) is 4.47. The number of benzene rings is 1. The van der Waals surface area contributed by atoms with Crippen LogP contribution in [-0.4, -0.2) is 54.1 Å². The molecule has 0 radical (unpaired) electrons. The number of carbonyl (C=O) groups is 1. The van der Waals surface area contributed by atoms with Gasteiger partial charge in [0.15, 0.2) is 0 Å². The summed E-state index contributed by atoms with van der Waals surface area (Å²) < 4.78 is 5.69. The Hall–Kier alpha value is -2.19. The van der Waals surface area contributed by atoms with Crippen LogP contribution in [0.2, 0.25) is 0 Å². The lowest BCUT2D eigenvalue weighted by atomic mass is 10.1. The van der Waals surface area contributed by atoms with Gasteiger partial charge in [-0.1, -0.05) is 0 Å². The number of nitrogen functional groups attached to an aromatic ring is 1. The lowest BCUT2D eigenvalue weighted by molar-refractivity contribution is -0.384. The van der Waals surface area contributed by atoms with Crippen molar-refractivity contribution >= 4 is 17.3 Å². The van der Waals surface area contributed by atoms with Crippen molar-refractivity contribution in [2.24, 2.45) is 0 Å². The molecule has 1 saturated carbocycles. The number of morpholine rings is 1. The number of nitrogens with zero attached hydrogens (tertiary/aromatic N) is 2. The van der Waals surface area contributed by atoms with E-state index < -0.39 is 10.8 Å². The number of carbonyl (C=O) groups excluding carboxylic acids is 1. The van der Waals surface area contributed by atoms with Crippen molar-refractivity contribution in [1.29, 1.82) is 0 Å². The van der Waals surface area contributed by atoms with E-state index in [2.05, 4.69) is 10.2 Å². The molecule has 1 saturated heterocycles. The van der Waals surface area contributed by atoms with Crippen molar-refractivity contribution in [3.63, 3.8) is 0 Å². The van der Waals surface area contributed by atoms with Crippen LogP contribution in [0.4, 0.5) is 11.4 Å². The van der Waals surface area contributed by atoms with E-state index in [-0.39, 0.29) is 23.0 Å². The molecule has 1 aromatic carbocycles. The number of amides is 1. The van der Waals surface area contributed by atoms with Gasteiger partial charge < -0.3 is 15.8 Å². The van der Waals surface area contributed by atoms with Gasteiger partial charge in [0.05, 0.1) is 23.2 Å². The van der Waals surface area contributed by atoms with Gasteiger partial charge in [-0.15, -0.1) is 0 Å². The lowest BCUT2D eigenvalue weighted by Gasteiger charge is -2.33. The molecule has 8 heteroatoms. The van der Waals surface area contributed by atoms with E-state index in [0.29, 0.717) is 24.8 Å². The Kier molecular flexibility index (Phi) is 4.68. The topological polar surface area (TPSA) is 111 Å². The first-order chi connectivity index (χ1) is 11.5. The van der Waals surface area contributed by atoms with Crippen LogP contribution in [0.5, 0.6) is 0 Å². The molecule has 3 N–H and O–H groups in total. The molecule has 1 aliphatic heterocycles. The summed E-state index contributed by atoms with van der Waals surface area (Å²) in [7, 11) is 0. The van der Waals surface area contributed by atoms with Crippen molar-refractivity contribution in [2.75, 3.05) is 32.0 Å². The maximum absolute atomic E-state index is 12.4. The number of aryl methyl sites for hydroxylation is 1. The number of rotatable bonds is 5. The highest BCUT2D eigenvalue weighted by molar-refractivity contribution is 6.01. The quantitative estimate of drug-likeness (QED) is 0.473. The predicted octanol–water partition coefficient (Wildman–Crippen LogP) is 1.08. The first-order valence-corrected chi connectivity index (χ1v) is 8.14. The van der Waals surface area contributed by atoms with Crippen LogP contribution in [-0.2, 0) is 4.74 Å². The Bertz CT molecular complexity index is 660. The fourth-order valence-electron chi connectivity index (χ4n) is 3.06. The number of nitro benzene ring substituents is 1. The van der Waals surface area contributed by atoms with E-state index in [1.165, 1.54) is 18.9 Å². The van der Waals surface area contributed by atoms with Crippen molar-refractivity contribution in [1.82, 2.24) is 10.2 Å². The highest BCUT2D eigenvalue weighted by Gasteiger charge is 2.33. The zero-order valence-corrected chi connectivity index (χ0v) is 13.7. The van der Waals surface area contributed by atoms with Crippen molar-refractivity contribution in [2.45, 2.75) is 31.9 Å². The van der Waals surface area contributed by atoms with E-state index in [1.807, 2.05) is 0 Å². The third kappa shape index (κ3) is 3.65. The Morgan fingerprint density at radius 2 is 2.25 bits per heavy atom. The Morgan fingerprint density at radius 1 is 1.50 bits per heavy atom. The number of nitrogens with two attached hydrogens (primary N) is 1. The van der Waals surface area contributed by atoms with Crippen molar-refractivity contribution in [3.8, 4) is 0 Å². The average Bonchev–Trinajstić information content (AvgIpc) is 3.39. The molecule has 3 rings (SSSR count). The monoisotopic (exact) mass is 334 g/mol. The Balaban J connectivity index is 1.63. The maximum atomic E-state index is 12.4. The number of hydrogen-bond donors (Lipinski definition) is 2.